The molecule has 0 saturated carbocycles. The third-order valence-electron chi connectivity index (χ3n) is 4.18. The Balaban J connectivity index is 1.56. The zero-order valence-corrected chi connectivity index (χ0v) is 14.1. The van der Waals surface area contributed by atoms with Crippen LogP contribution in [0.5, 0.6) is 0 Å². The maximum atomic E-state index is 12.3. The minimum atomic E-state index is -0.263. The van der Waals surface area contributed by atoms with Gasteiger partial charge < -0.3 is 15.5 Å². The number of hydrogen-bond donors (Lipinski definition) is 2. The zero-order chi connectivity index (χ0) is 17.5. The van der Waals surface area contributed by atoms with Crippen LogP contribution in [-0.4, -0.2) is 59.9 Å². The summed E-state index contributed by atoms with van der Waals surface area (Å²) >= 11 is 0. The molecule has 1 saturated heterocycles. The van der Waals surface area contributed by atoms with Gasteiger partial charge in [0, 0.05) is 38.8 Å². The molecule has 1 fully saturated rings. The molecule has 3 rings (SSSR count). The number of carbonyl (C=O) groups is 1. The maximum Gasteiger partial charge on any atom is 0.271 e. The van der Waals surface area contributed by atoms with Crippen LogP contribution in [0.15, 0.2) is 47.3 Å². The molecule has 1 amide bonds. The third kappa shape index (κ3) is 4.74. The molecule has 2 N–H and O–H groups in total. The van der Waals surface area contributed by atoms with E-state index in [0.29, 0.717) is 12.2 Å². The van der Waals surface area contributed by atoms with Crippen LogP contribution < -0.4 is 16.2 Å². The van der Waals surface area contributed by atoms with E-state index in [2.05, 4.69) is 20.6 Å². The minimum Gasteiger partial charge on any atom is -0.351 e. The number of nitrogens with one attached hydrogen (secondary N) is 2. The highest BCUT2D eigenvalue weighted by atomic mass is 16.2. The van der Waals surface area contributed by atoms with E-state index in [4.69, 9.17) is 0 Å². The SMILES string of the molecule is O=C(NCCCN1CCNCC1)c1ccc(=O)n(-c2ccccc2)n1. The van der Waals surface area contributed by atoms with Gasteiger partial charge in [-0.05, 0) is 31.2 Å². The van der Waals surface area contributed by atoms with E-state index >= 15 is 0 Å². The van der Waals surface area contributed by atoms with E-state index in [1.165, 1.54) is 16.8 Å². The first-order valence-electron chi connectivity index (χ1n) is 8.61. The molecule has 1 aromatic heterocycles. The fraction of sp³-hybridized carbons (Fsp3) is 0.389. The van der Waals surface area contributed by atoms with Crippen molar-refractivity contribution in [3.05, 3.63) is 58.5 Å². The van der Waals surface area contributed by atoms with Gasteiger partial charge in [0.05, 0.1) is 5.69 Å². The summed E-state index contributed by atoms with van der Waals surface area (Å²) in [5.41, 5.74) is 0.618. The van der Waals surface area contributed by atoms with Gasteiger partial charge in [0.15, 0.2) is 0 Å². The Kier molecular flexibility index (Phi) is 5.92. The Labute approximate surface area is 146 Å². The summed E-state index contributed by atoms with van der Waals surface area (Å²) in [6.07, 6.45) is 0.893. The highest BCUT2D eigenvalue weighted by Crippen LogP contribution is 2.03. The van der Waals surface area contributed by atoms with E-state index in [1.54, 1.807) is 12.1 Å². The predicted molar refractivity (Wildman–Crippen MR) is 96.1 cm³/mol. The molecule has 0 aliphatic carbocycles. The minimum absolute atomic E-state index is 0.241. The number of hydrogen-bond acceptors (Lipinski definition) is 5. The van der Waals surface area contributed by atoms with Gasteiger partial charge in [0.1, 0.15) is 5.69 Å². The molecule has 1 aliphatic rings. The van der Waals surface area contributed by atoms with Gasteiger partial charge in [-0.25, -0.2) is 0 Å². The standard InChI is InChI=1S/C18H23N5O2/c24-17-8-7-16(21-23(17)15-5-2-1-3-6-15)18(25)20-9-4-12-22-13-10-19-11-14-22/h1-3,5-8,19H,4,9-14H2,(H,20,25). The first-order valence-corrected chi connectivity index (χ1v) is 8.61. The van der Waals surface area contributed by atoms with Crippen LogP contribution >= 0.6 is 0 Å². The molecular formula is C18H23N5O2. The van der Waals surface area contributed by atoms with E-state index in [1.807, 2.05) is 18.2 Å². The summed E-state index contributed by atoms with van der Waals surface area (Å²) < 4.78 is 1.25. The Morgan fingerprint density at radius 2 is 1.88 bits per heavy atom. The van der Waals surface area contributed by atoms with Crippen LogP contribution in [0.4, 0.5) is 0 Å². The molecule has 25 heavy (non-hydrogen) atoms. The summed E-state index contributed by atoms with van der Waals surface area (Å²) in [4.78, 5) is 26.7. The molecule has 1 aromatic carbocycles. The van der Waals surface area contributed by atoms with Crippen molar-refractivity contribution in [3.63, 3.8) is 0 Å². The van der Waals surface area contributed by atoms with E-state index in [9.17, 15) is 9.59 Å². The molecule has 0 bridgehead atoms. The summed E-state index contributed by atoms with van der Waals surface area (Å²) in [5, 5.41) is 10.4. The van der Waals surface area contributed by atoms with Gasteiger partial charge in [-0.3, -0.25) is 9.59 Å². The van der Waals surface area contributed by atoms with Crippen LogP contribution in [0.2, 0.25) is 0 Å². The van der Waals surface area contributed by atoms with Crippen LogP contribution in [0.25, 0.3) is 5.69 Å². The average molecular weight is 341 g/mol. The quantitative estimate of drug-likeness (QED) is 0.737. The number of rotatable bonds is 6. The number of para-hydroxylation sites is 1. The molecule has 0 spiro atoms. The maximum absolute atomic E-state index is 12.3. The second-order valence-electron chi connectivity index (χ2n) is 6.01. The highest BCUT2D eigenvalue weighted by Gasteiger charge is 2.11. The number of benzene rings is 1. The second kappa shape index (κ2) is 8.55. The second-order valence-corrected chi connectivity index (χ2v) is 6.01. The van der Waals surface area contributed by atoms with Crippen molar-refractivity contribution in [1.82, 2.24) is 25.3 Å². The van der Waals surface area contributed by atoms with Gasteiger partial charge >= 0.3 is 0 Å². The summed E-state index contributed by atoms with van der Waals surface area (Å²) in [7, 11) is 0. The zero-order valence-electron chi connectivity index (χ0n) is 14.1. The molecule has 0 radical (unpaired) electrons. The Morgan fingerprint density at radius 1 is 1.12 bits per heavy atom. The lowest BCUT2D eigenvalue weighted by Gasteiger charge is -2.27. The molecule has 7 heteroatoms. The predicted octanol–water partition coefficient (Wildman–Crippen LogP) is 0.258. The Hall–Kier alpha value is -2.51. The third-order valence-corrected chi connectivity index (χ3v) is 4.18. The van der Waals surface area contributed by atoms with Gasteiger partial charge in [-0.1, -0.05) is 18.2 Å². The smallest absolute Gasteiger partial charge is 0.271 e. The van der Waals surface area contributed by atoms with Crippen LogP contribution in [0.3, 0.4) is 0 Å². The van der Waals surface area contributed by atoms with Crippen molar-refractivity contribution < 1.29 is 4.79 Å². The van der Waals surface area contributed by atoms with Crippen molar-refractivity contribution in [1.29, 1.82) is 0 Å². The lowest BCUT2D eigenvalue weighted by atomic mass is 10.3. The average Bonchev–Trinajstić information content (AvgIpc) is 2.67. The van der Waals surface area contributed by atoms with Crippen LogP contribution in [0, 0.1) is 0 Å². The van der Waals surface area contributed by atoms with Crippen molar-refractivity contribution >= 4 is 5.91 Å². The lowest BCUT2D eigenvalue weighted by molar-refractivity contribution is 0.0944. The van der Waals surface area contributed by atoms with Crippen molar-refractivity contribution in [3.8, 4) is 5.69 Å². The first kappa shape index (κ1) is 17.3. The lowest BCUT2D eigenvalue weighted by Crippen LogP contribution is -2.44. The largest absolute Gasteiger partial charge is 0.351 e. The number of carbonyl (C=O) groups excluding carboxylic acids is 1. The summed E-state index contributed by atoms with van der Waals surface area (Å²) in [6.45, 7) is 5.72. The highest BCUT2D eigenvalue weighted by molar-refractivity contribution is 5.92. The number of amides is 1. The Bertz CT molecular complexity index is 754. The van der Waals surface area contributed by atoms with Gasteiger partial charge in [0.25, 0.3) is 11.5 Å². The topological polar surface area (TPSA) is 79.3 Å². The van der Waals surface area contributed by atoms with Crippen molar-refractivity contribution in [2.24, 2.45) is 0 Å². The van der Waals surface area contributed by atoms with Gasteiger partial charge in [0.2, 0.25) is 0 Å². The molecule has 2 aromatic rings. The fourth-order valence-electron chi connectivity index (χ4n) is 2.82. The number of aromatic nitrogens is 2. The van der Waals surface area contributed by atoms with E-state index in [0.717, 1.165) is 39.1 Å². The number of nitrogens with zero attached hydrogens (tertiary/aromatic N) is 3. The van der Waals surface area contributed by atoms with Crippen LogP contribution in [-0.2, 0) is 0 Å². The summed E-state index contributed by atoms with van der Waals surface area (Å²) in [6, 6.07) is 11.9. The van der Waals surface area contributed by atoms with Gasteiger partial charge in [-0.2, -0.15) is 9.78 Å². The van der Waals surface area contributed by atoms with Crippen molar-refractivity contribution in [2.75, 3.05) is 39.3 Å². The van der Waals surface area contributed by atoms with E-state index < -0.39 is 0 Å². The van der Waals surface area contributed by atoms with Crippen LogP contribution in [0.1, 0.15) is 16.9 Å². The summed E-state index contributed by atoms with van der Waals surface area (Å²) in [5.74, 6) is -0.259. The van der Waals surface area contributed by atoms with E-state index in [-0.39, 0.29) is 17.2 Å². The molecule has 1 aliphatic heterocycles. The molecule has 2 heterocycles. The molecular weight excluding hydrogens is 318 g/mol. The molecule has 0 atom stereocenters. The molecule has 7 nitrogen and oxygen atoms in total. The van der Waals surface area contributed by atoms with Gasteiger partial charge in [-0.15, -0.1) is 0 Å². The fourth-order valence-corrected chi connectivity index (χ4v) is 2.82. The first-order chi connectivity index (χ1) is 12.2. The van der Waals surface area contributed by atoms with Crippen molar-refractivity contribution in [2.45, 2.75) is 6.42 Å². The molecule has 132 valence electrons. The Morgan fingerprint density at radius 3 is 2.64 bits per heavy atom. The molecule has 0 unspecified atom stereocenters. The normalized spacial score (nSPS) is 15.0. The monoisotopic (exact) mass is 341 g/mol. The number of piperazine rings is 1.